The van der Waals surface area contributed by atoms with Gasteiger partial charge in [-0.3, -0.25) is 9.36 Å². The number of carbonyl (C=O) groups is 1. The number of nitrogens with zero attached hydrogens (tertiary/aromatic N) is 4. The van der Waals surface area contributed by atoms with Crippen molar-refractivity contribution < 1.29 is 4.79 Å². The molecule has 0 saturated carbocycles. The van der Waals surface area contributed by atoms with Crippen LogP contribution in [-0.2, 0) is 4.79 Å². The number of aryl methyl sites for hydroxylation is 1. The molecule has 0 spiro atoms. The second-order valence-corrected chi connectivity index (χ2v) is 7.47. The first kappa shape index (κ1) is 19.0. The van der Waals surface area contributed by atoms with Crippen molar-refractivity contribution in [1.82, 2.24) is 14.8 Å². The Balaban J connectivity index is 1.74. The summed E-state index contributed by atoms with van der Waals surface area (Å²) in [5.74, 6) is 0.552. The van der Waals surface area contributed by atoms with Crippen LogP contribution in [0.1, 0.15) is 18.3 Å². The van der Waals surface area contributed by atoms with Crippen molar-refractivity contribution in [3.05, 3.63) is 64.9 Å². The third-order valence-electron chi connectivity index (χ3n) is 3.82. The van der Waals surface area contributed by atoms with Crippen LogP contribution < -0.4 is 5.32 Å². The standard InChI is InChI=1S/C19H16ClN5OS/c1-12(18(26)22-15-9-8-14(11-21)17(20)10-15)27-19-24-23-13(2)25(19)16-6-4-3-5-7-16/h3-10,12H,1-2H3,(H,22,26)/t12-/m1/s1. The van der Waals surface area contributed by atoms with Gasteiger partial charge in [0.1, 0.15) is 11.9 Å². The molecule has 1 N–H and O–H groups in total. The van der Waals surface area contributed by atoms with Gasteiger partial charge in [-0.25, -0.2) is 0 Å². The molecule has 0 aliphatic rings. The first-order chi connectivity index (χ1) is 13.0. The molecule has 1 aromatic heterocycles. The summed E-state index contributed by atoms with van der Waals surface area (Å²) in [7, 11) is 0. The lowest BCUT2D eigenvalue weighted by molar-refractivity contribution is -0.115. The molecule has 136 valence electrons. The van der Waals surface area contributed by atoms with Gasteiger partial charge in [0.25, 0.3) is 0 Å². The van der Waals surface area contributed by atoms with E-state index in [-0.39, 0.29) is 5.91 Å². The number of anilines is 1. The first-order valence-corrected chi connectivity index (χ1v) is 9.40. The molecule has 6 nitrogen and oxygen atoms in total. The van der Waals surface area contributed by atoms with Crippen LogP contribution >= 0.6 is 23.4 Å². The largest absolute Gasteiger partial charge is 0.325 e. The summed E-state index contributed by atoms with van der Waals surface area (Å²) < 4.78 is 1.91. The van der Waals surface area contributed by atoms with E-state index in [4.69, 9.17) is 16.9 Å². The number of nitrogens with one attached hydrogen (secondary N) is 1. The average Bonchev–Trinajstić information content (AvgIpc) is 3.02. The van der Waals surface area contributed by atoms with Crippen molar-refractivity contribution in [3.63, 3.8) is 0 Å². The fraction of sp³-hybridized carbons (Fsp3) is 0.158. The number of aromatic nitrogens is 3. The highest BCUT2D eigenvalue weighted by atomic mass is 35.5. The molecule has 0 unspecified atom stereocenters. The third kappa shape index (κ3) is 4.30. The molecule has 0 saturated heterocycles. The number of thioether (sulfide) groups is 1. The fourth-order valence-electron chi connectivity index (χ4n) is 2.43. The normalized spacial score (nSPS) is 11.6. The quantitative estimate of drug-likeness (QED) is 0.651. The SMILES string of the molecule is Cc1nnc(S[C@H](C)C(=O)Nc2ccc(C#N)c(Cl)c2)n1-c1ccccc1. The van der Waals surface area contributed by atoms with Crippen molar-refractivity contribution in [3.8, 4) is 11.8 Å². The summed E-state index contributed by atoms with van der Waals surface area (Å²) in [6.07, 6.45) is 0. The molecule has 0 radical (unpaired) electrons. The molecule has 0 aliphatic carbocycles. The molecule has 2 aromatic carbocycles. The number of halogens is 1. The van der Waals surface area contributed by atoms with Crippen molar-refractivity contribution in [2.24, 2.45) is 0 Å². The van der Waals surface area contributed by atoms with Crippen molar-refractivity contribution in [2.75, 3.05) is 5.32 Å². The minimum Gasteiger partial charge on any atom is -0.325 e. The number of carbonyl (C=O) groups excluding carboxylic acids is 1. The van der Waals surface area contributed by atoms with Crippen LogP contribution in [0, 0.1) is 18.3 Å². The van der Waals surface area contributed by atoms with Crippen LogP contribution in [-0.4, -0.2) is 25.9 Å². The van der Waals surface area contributed by atoms with Gasteiger partial charge in [-0.2, -0.15) is 5.26 Å². The smallest absolute Gasteiger partial charge is 0.237 e. The Labute approximate surface area is 166 Å². The summed E-state index contributed by atoms with van der Waals surface area (Å²) in [6, 6.07) is 16.5. The van der Waals surface area contributed by atoms with Crippen LogP contribution in [0.3, 0.4) is 0 Å². The molecule has 0 fully saturated rings. The number of nitriles is 1. The van der Waals surface area contributed by atoms with Crippen LogP contribution in [0.4, 0.5) is 5.69 Å². The highest BCUT2D eigenvalue weighted by molar-refractivity contribution is 8.00. The topological polar surface area (TPSA) is 83.6 Å². The molecule has 27 heavy (non-hydrogen) atoms. The molecule has 3 rings (SSSR count). The van der Waals surface area contributed by atoms with E-state index in [1.165, 1.54) is 11.8 Å². The van der Waals surface area contributed by atoms with E-state index in [1.54, 1.807) is 25.1 Å². The van der Waals surface area contributed by atoms with Crippen molar-refractivity contribution in [2.45, 2.75) is 24.3 Å². The second-order valence-electron chi connectivity index (χ2n) is 5.76. The average molecular weight is 398 g/mol. The number of hydrogen-bond donors (Lipinski definition) is 1. The number of amides is 1. The second kappa shape index (κ2) is 8.25. The summed E-state index contributed by atoms with van der Waals surface area (Å²) in [6.45, 7) is 3.66. The van der Waals surface area contributed by atoms with Gasteiger partial charge >= 0.3 is 0 Å². The van der Waals surface area contributed by atoms with Crippen LogP contribution in [0.25, 0.3) is 5.69 Å². The molecular weight excluding hydrogens is 382 g/mol. The minimum absolute atomic E-state index is 0.193. The lowest BCUT2D eigenvalue weighted by Gasteiger charge is -2.13. The van der Waals surface area contributed by atoms with Gasteiger partial charge < -0.3 is 5.32 Å². The van der Waals surface area contributed by atoms with E-state index >= 15 is 0 Å². The molecule has 3 aromatic rings. The highest BCUT2D eigenvalue weighted by Crippen LogP contribution is 2.27. The molecule has 1 atom stereocenters. The molecule has 0 bridgehead atoms. The van der Waals surface area contributed by atoms with E-state index in [1.807, 2.05) is 47.9 Å². The number of rotatable bonds is 5. The lowest BCUT2D eigenvalue weighted by atomic mass is 10.2. The maximum absolute atomic E-state index is 12.5. The van der Waals surface area contributed by atoms with Gasteiger partial charge in [0.2, 0.25) is 5.91 Å². The zero-order valence-corrected chi connectivity index (χ0v) is 16.3. The van der Waals surface area contributed by atoms with Gasteiger partial charge in [-0.05, 0) is 44.2 Å². The Hall–Kier alpha value is -2.82. The van der Waals surface area contributed by atoms with E-state index in [0.29, 0.717) is 21.4 Å². The minimum atomic E-state index is -0.412. The molecular formula is C19H16ClN5OS. The summed E-state index contributed by atoms with van der Waals surface area (Å²) >= 11 is 7.33. The van der Waals surface area contributed by atoms with Crippen LogP contribution in [0.2, 0.25) is 5.02 Å². The molecule has 8 heteroatoms. The number of benzene rings is 2. The predicted octanol–water partition coefficient (Wildman–Crippen LogP) is 4.22. The Morgan fingerprint density at radius 3 is 2.67 bits per heavy atom. The summed E-state index contributed by atoms with van der Waals surface area (Å²) in [5.41, 5.74) is 1.84. The van der Waals surface area contributed by atoms with Gasteiger partial charge in [0, 0.05) is 11.4 Å². The Morgan fingerprint density at radius 1 is 1.26 bits per heavy atom. The van der Waals surface area contributed by atoms with Gasteiger partial charge in [0.15, 0.2) is 5.16 Å². The maximum atomic E-state index is 12.5. The Kier molecular flexibility index (Phi) is 5.79. The summed E-state index contributed by atoms with van der Waals surface area (Å²) in [5, 5.41) is 20.6. The zero-order chi connectivity index (χ0) is 19.4. The summed E-state index contributed by atoms with van der Waals surface area (Å²) in [4.78, 5) is 12.5. The first-order valence-electron chi connectivity index (χ1n) is 8.14. The van der Waals surface area contributed by atoms with Crippen molar-refractivity contribution in [1.29, 1.82) is 5.26 Å². The molecule has 1 heterocycles. The van der Waals surface area contributed by atoms with Gasteiger partial charge in [-0.15, -0.1) is 10.2 Å². The van der Waals surface area contributed by atoms with E-state index < -0.39 is 5.25 Å². The van der Waals surface area contributed by atoms with Gasteiger partial charge in [0.05, 0.1) is 15.8 Å². The van der Waals surface area contributed by atoms with E-state index in [0.717, 1.165) is 11.5 Å². The van der Waals surface area contributed by atoms with Crippen molar-refractivity contribution >= 4 is 35.0 Å². The Morgan fingerprint density at radius 2 is 2.00 bits per heavy atom. The zero-order valence-electron chi connectivity index (χ0n) is 14.7. The van der Waals surface area contributed by atoms with E-state index in [2.05, 4.69) is 15.5 Å². The number of hydrogen-bond acceptors (Lipinski definition) is 5. The maximum Gasteiger partial charge on any atom is 0.237 e. The lowest BCUT2D eigenvalue weighted by Crippen LogP contribution is -2.23. The monoisotopic (exact) mass is 397 g/mol. The molecule has 0 aliphatic heterocycles. The Bertz CT molecular complexity index is 1010. The van der Waals surface area contributed by atoms with Crippen LogP contribution in [0.15, 0.2) is 53.7 Å². The van der Waals surface area contributed by atoms with Crippen LogP contribution in [0.5, 0.6) is 0 Å². The number of para-hydroxylation sites is 1. The molecule has 1 amide bonds. The highest BCUT2D eigenvalue weighted by Gasteiger charge is 2.20. The van der Waals surface area contributed by atoms with E-state index in [9.17, 15) is 4.79 Å². The fourth-order valence-corrected chi connectivity index (χ4v) is 3.57. The predicted molar refractivity (Wildman–Crippen MR) is 106 cm³/mol. The van der Waals surface area contributed by atoms with Gasteiger partial charge in [-0.1, -0.05) is 41.6 Å². The third-order valence-corrected chi connectivity index (χ3v) is 5.17.